The number of hydrogen-bond donors (Lipinski definition) is 1. The fourth-order valence-corrected chi connectivity index (χ4v) is 2.35. The summed E-state index contributed by atoms with van der Waals surface area (Å²) in [4.78, 5) is 0. The van der Waals surface area contributed by atoms with Gasteiger partial charge in [0.2, 0.25) is 0 Å². The molecule has 0 aliphatic carbocycles. The molecule has 0 radical (unpaired) electrons. The van der Waals surface area contributed by atoms with Crippen LogP contribution in [0.4, 0.5) is 18.9 Å². The fourth-order valence-electron chi connectivity index (χ4n) is 1.50. The molecule has 5 heteroatoms. The lowest BCUT2D eigenvalue weighted by Gasteiger charge is -2.11. The van der Waals surface area contributed by atoms with Crippen molar-refractivity contribution in [1.82, 2.24) is 0 Å². The van der Waals surface area contributed by atoms with E-state index in [2.05, 4.69) is 5.32 Å². The zero-order chi connectivity index (χ0) is 10.9. The normalized spacial score (nSPS) is 16.5. The highest BCUT2D eigenvalue weighted by molar-refractivity contribution is 7.98. The Hall–Kier alpha value is -0.840. The summed E-state index contributed by atoms with van der Waals surface area (Å²) < 4.78 is 37.3. The van der Waals surface area contributed by atoms with Gasteiger partial charge in [-0.05, 0) is 23.8 Å². The molecule has 0 aromatic heterocycles. The number of thioether (sulfide) groups is 1. The average Bonchev–Trinajstić information content (AvgIpc) is 2.39. The highest BCUT2D eigenvalue weighted by Crippen LogP contribution is 2.33. The van der Waals surface area contributed by atoms with Crippen molar-refractivity contribution in [3.05, 3.63) is 29.3 Å². The van der Waals surface area contributed by atoms with Crippen molar-refractivity contribution in [2.45, 2.75) is 11.9 Å². The molecule has 82 valence electrons. The summed E-state index contributed by atoms with van der Waals surface area (Å²) in [6, 6.07) is 3.88. The summed E-state index contributed by atoms with van der Waals surface area (Å²) in [5.74, 6) is 1.57. The Kier molecular flexibility index (Phi) is 2.82. The Morgan fingerprint density at radius 1 is 1.27 bits per heavy atom. The first-order chi connectivity index (χ1) is 7.07. The minimum Gasteiger partial charge on any atom is -0.384 e. The van der Waals surface area contributed by atoms with Crippen LogP contribution >= 0.6 is 11.8 Å². The zero-order valence-corrected chi connectivity index (χ0v) is 8.71. The highest BCUT2D eigenvalue weighted by Gasteiger charge is 2.31. The van der Waals surface area contributed by atoms with Gasteiger partial charge >= 0.3 is 6.18 Å². The molecule has 0 saturated carbocycles. The average molecular weight is 233 g/mol. The van der Waals surface area contributed by atoms with Crippen molar-refractivity contribution >= 4 is 17.4 Å². The molecular formula is C10H10F3NS. The monoisotopic (exact) mass is 233 g/mol. The smallest absolute Gasteiger partial charge is 0.384 e. The zero-order valence-electron chi connectivity index (χ0n) is 7.90. The predicted molar refractivity (Wildman–Crippen MR) is 56.1 cm³/mol. The van der Waals surface area contributed by atoms with E-state index in [0.717, 1.165) is 29.6 Å². The van der Waals surface area contributed by atoms with Crippen molar-refractivity contribution in [3.8, 4) is 0 Å². The van der Waals surface area contributed by atoms with Crippen LogP contribution in [0, 0.1) is 0 Å². The number of alkyl halides is 3. The van der Waals surface area contributed by atoms with Crippen molar-refractivity contribution < 1.29 is 13.2 Å². The Balaban J connectivity index is 2.36. The third kappa shape index (κ3) is 2.40. The second kappa shape index (κ2) is 3.96. The molecule has 1 aliphatic rings. The first kappa shape index (κ1) is 10.7. The van der Waals surface area contributed by atoms with Gasteiger partial charge in [0.25, 0.3) is 0 Å². The SMILES string of the molecule is FC(F)(F)c1ccc2c(c1)CSCCN2. The quantitative estimate of drug-likeness (QED) is 0.737. The van der Waals surface area contributed by atoms with Gasteiger partial charge in [-0.25, -0.2) is 0 Å². The van der Waals surface area contributed by atoms with E-state index in [1.165, 1.54) is 12.1 Å². The summed E-state index contributed by atoms with van der Waals surface area (Å²) in [6.45, 7) is 0.809. The molecule has 0 saturated heterocycles. The molecule has 0 amide bonds. The van der Waals surface area contributed by atoms with E-state index in [1.807, 2.05) is 0 Å². The molecule has 1 N–H and O–H groups in total. The highest BCUT2D eigenvalue weighted by atomic mass is 32.2. The number of halogens is 3. The van der Waals surface area contributed by atoms with Gasteiger partial charge in [0.1, 0.15) is 0 Å². The number of nitrogens with one attached hydrogen (secondary N) is 1. The van der Waals surface area contributed by atoms with Crippen LogP contribution in [0.3, 0.4) is 0 Å². The third-order valence-corrected chi connectivity index (χ3v) is 3.26. The summed E-state index contributed by atoms with van der Waals surface area (Å²) >= 11 is 1.65. The van der Waals surface area contributed by atoms with E-state index >= 15 is 0 Å². The Morgan fingerprint density at radius 2 is 2.07 bits per heavy atom. The van der Waals surface area contributed by atoms with E-state index < -0.39 is 11.7 Å². The van der Waals surface area contributed by atoms with Crippen LogP contribution in [0.5, 0.6) is 0 Å². The second-order valence-electron chi connectivity index (χ2n) is 3.35. The lowest BCUT2D eigenvalue weighted by molar-refractivity contribution is -0.137. The van der Waals surface area contributed by atoms with E-state index in [-0.39, 0.29) is 0 Å². The molecule has 1 aromatic rings. The van der Waals surface area contributed by atoms with Crippen LogP contribution < -0.4 is 5.32 Å². The van der Waals surface area contributed by atoms with E-state index in [4.69, 9.17) is 0 Å². The Labute approximate surface area is 90.1 Å². The van der Waals surface area contributed by atoms with Gasteiger partial charge in [-0.1, -0.05) is 0 Å². The van der Waals surface area contributed by atoms with Crippen molar-refractivity contribution in [2.24, 2.45) is 0 Å². The fraction of sp³-hybridized carbons (Fsp3) is 0.400. The summed E-state index contributed by atoms with van der Waals surface area (Å²) in [5, 5.41) is 3.12. The maximum absolute atomic E-state index is 12.4. The van der Waals surface area contributed by atoms with Gasteiger partial charge in [-0.3, -0.25) is 0 Å². The predicted octanol–water partition coefficient (Wildman–Crippen LogP) is 3.36. The number of rotatable bonds is 0. The molecule has 0 atom stereocenters. The van der Waals surface area contributed by atoms with Crippen LogP contribution in [0.2, 0.25) is 0 Å². The molecule has 0 fully saturated rings. The lowest BCUT2D eigenvalue weighted by atomic mass is 10.1. The van der Waals surface area contributed by atoms with Crippen molar-refractivity contribution in [1.29, 1.82) is 0 Å². The van der Waals surface area contributed by atoms with Crippen molar-refractivity contribution in [3.63, 3.8) is 0 Å². The maximum Gasteiger partial charge on any atom is 0.416 e. The summed E-state index contributed by atoms with van der Waals surface area (Å²) in [5.41, 5.74) is 1.01. The minimum absolute atomic E-state index is 0.564. The molecule has 0 spiro atoms. The van der Waals surface area contributed by atoms with Crippen LogP contribution in [-0.2, 0) is 11.9 Å². The van der Waals surface area contributed by atoms with E-state index in [0.29, 0.717) is 5.75 Å². The van der Waals surface area contributed by atoms with Gasteiger partial charge in [-0.2, -0.15) is 24.9 Å². The minimum atomic E-state index is -4.24. The standard InChI is InChI=1S/C10H10F3NS/c11-10(12,13)8-1-2-9-7(5-8)6-15-4-3-14-9/h1-2,5,14H,3-4,6H2. The largest absolute Gasteiger partial charge is 0.416 e. The van der Waals surface area contributed by atoms with Crippen LogP contribution in [0.25, 0.3) is 0 Å². The molecular weight excluding hydrogens is 223 g/mol. The van der Waals surface area contributed by atoms with E-state index in [9.17, 15) is 13.2 Å². The number of anilines is 1. The molecule has 1 aliphatic heterocycles. The molecule has 0 unspecified atom stereocenters. The maximum atomic E-state index is 12.4. The van der Waals surface area contributed by atoms with Gasteiger partial charge in [0, 0.05) is 23.7 Å². The topological polar surface area (TPSA) is 12.0 Å². The molecule has 1 aromatic carbocycles. The van der Waals surface area contributed by atoms with E-state index in [1.54, 1.807) is 11.8 Å². The lowest BCUT2D eigenvalue weighted by Crippen LogP contribution is -2.07. The van der Waals surface area contributed by atoms with Crippen LogP contribution in [-0.4, -0.2) is 12.3 Å². The first-order valence-electron chi connectivity index (χ1n) is 4.59. The van der Waals surface area contributed by atoms with Crippen LogP contribution in [0.15, 0.2) is 18.2 Å². The second-order valence-corrected chi connectivity index (χ2v) is 4.45. The first-order valence-corrected chi connectivity index (χ1v) is 5.74. The van der Waals surface area contributed by atoms with Gasteiger partial charge in [-0.15, -0.1) is 0 Å². The van der Waals surface area contributed by atoms with Gasteiger partial charge < -0.3 is 5.32 Å². The summed E-state index contributed by atoms with van der Waals surface area (Å²) in [6.07, 6.45) is -4.24. The number of hydrogen-bond acceptors (Lipinski definition) is 2. The third-order valence-electron chi connectivity index (χ3n) is 2.25. The van der Waals surface area contributed by atoms with Gasteiger partial charge in [0.15, 0.2) is 0 Å². The summed E-state index contributed by atoms with van der Waals surface area (Å²) in [7, 11) is 0. The number of benzene rings is 1. The Morgan fingerprint density at radius 3 is 2.80 bits per heavy atom. The molecule has 1 nitrogen and oxygen atoms in total. The van der Waals surface area contributed by atoms with Gasteiger partial charge in [0.05, 0.1) is 5.56 Å². The molecule has 2 rings (SSSR count). The molecule has 1 heterocycles. The molecule has 0 bridgehead atoms. The molecule has 15 heavy (non-hydrogen) atoms. The van der Waals surface area contributed by atoms with Crippen LogP contribution in [0.1, 0.15) is 11.1 Å². The van der Waals surface area contributed by atoms with Crippen molar-refractivity contribution in [2.75, 3.05) is 17.6 Å². The number of fused-ring (bicyclic) bond motifs is 1. The Bertz CT molecular complexity index is 362.